The first-order chi connectivity index (χ1) is 13.7. The van der Waals surface area contributed by atoms with Crippen molar-refractivity contribution in [2.75, 3.05) is 44.5 Å². The number of amides is 2. The van der Waals surface area contributed by atoms with Crippen molar-refractivity contribution in [2.45, 2.75) is 13.0 Å². The van der Waals surface area contributed by atoms with Crippen LogP contribution in [-0.2, 0) is 9.53 Å². The number of carbonyl (C=O) groups excluding carboxylic acids is 2. The maximum absolute atomic E-state index is 12.8. The Morgan fingerprint density at radius 1 is 1.29 bits per heavy atom. The second kappa shape index (κ2) is 8.32. The van der Waals surface area contributed by atoms with Crippen LogP contribution in [0.3, 0.4) is 0 Å². The van der Waals surface area contributed by atoms with Crippen molar-refractivity contribution < 1.29 is 23.8 Å². The van der Waals surface area contributed by atoms with Gasteiger partial charge in [-0.1, -0.05) is 6.07 Å². The molecule has 9 heteroatoms. The van der Waals surface area contributed by atoms with Gasteiger partial charge in [0.1, 0.15) is 0 Å². The highest BCUT2D eigenvalue weighted by atomic mass is 32.2. The van der Waals surface area contributed by atoms with E-state index in [1.54, 1.807) is 19.1 Å². The van der Waals surface area contributed by atoms with Crippen LogP contribution in [0.1, 0.15) is 18.5 Å². The Morgan fingerprint density at radius 3 is 2.86 bits per heavy atom. The molecule has 1 saturated heterocycles. The minimum atomic E-state index is -0.614. The average Bonchev–Trinajstić information content (AvgIpc) is 3.16. The van der Waals surface area contributed by atoms with Gasteiger partial charge in [-0.15, -0.1) is 0 Å². The third kappa shape index (κ3) is 3.90. The summed E-state index contributed by atoms with van der Waals surface area (Å²) in [5.41, 5.74) is 1.77. The van der Waals surface area contributed by atoms with Crippen molar-refractivity contribution in [1.82, 2.24) is 15.5 Å². The van der Waals surface area contributed by atoms with Gasteiger partial charge in [-0.05, 0) is 24.6 Å². The van der Waals surface area contributed by atoms with E-state index in [0.29, 0.717) is 29.3 Å². The number of hydrogen-bond acceptors (Lipinski definition) is 7. The summed E-state index contributed by atoms with van der Waals surface area (Å²) in [6.45, 7) is 4.53. The van der Waals surface area contributed by atoms with Crippen LogP contribution in [0.5, 0.6) is 11.5 Å². The molecule has 0 bridgehead atoms. The van der Waals surface area contributed by atoms with Gasteiger partial charge in [0.25, 0.3) is 0 Å². The average molecular weight is 405 g/mol. The fourth-order valence-corrected chi connectivity index (χ4v) is 4.50. The maximum atomic E-state index is 12.8. The van der Waals surface area contributed by atoms with Gasteiger partial charge in [0.15, 0.2) is 11.5 Å². The second-order valence-electron chi connectivity index (χ2n) is 6.65. The van der Waals surface area contributed by atoms with E-state index in [2.05, 4.69) is 15.5 Å². The molecule has 0 radical (unpaired) electrons. The smallest absolute Gasteiger partial charge is 0.338 e. The highest BCUT2D eigenvalue weighted by Gasteiger charge is 2.35. The number of hydrogen-bond donors (Lipinski definition) is 2. The van der Waals surface area contributed by atoms with E-state index >= 15 is 0 Å². The van der Waals surface area contributed by atoms with E-state index < -0.39 is 12.0 Å². The summed E-state index contributed by atoms with van der Waals surface area (Å²) in [5, 5.41) is 5.68. The summed E-state index contributed by atoms with van der Waals surface area (Å²) < 4.78 is 16.1. The molecule has 3 aliphatic heterocycles. The Kier molecular flexibility index (Phi) is 5.63. The van der Waals surface area contributed by atoms with Crippen LogP contribution in [0, 0.1) is 0 Å². The first-order valence-corrected chi connectivity index (χ1v) is 10.5. The normalized spacial score (nSPS) is 21.9. The SMILES string of the molecule is CCOC(=O)C1=C(CN2CCSCC2)NC(=O)N[C@H]1c1ccc2c(c1)OCO2. The van der Waals surface area contributed by atoms with E-state index in [4.69, 9.17) is 14.2 Å². The summed E-state index contributed by atoms with van der Waals surface area (Å²) in [5.74, 6) is 2.90. The van der Waals surface area contributed by atoms with E-state index in [-0.39, 0.29) is 19.4 Å². The van der Waals surface area contributed by atoms with E-state index in [9.17, 15) is 9.59 Å². The summed E-state index contributed by atoms with van der Waals surface area (Å²) in [6.07, 6.45) is 0. The summed E-state index contributed by atoms with van der Waals surface area (Å²) in [4.78, 5) is 27.4. The summed E-state index contributed by atoms with van der Waals surface area (Å²) in [6, 6.07) is 4.47. The van der Waals surface area contributed by atoms with Gasteiger partial charge in [-0.2, -0.15) is 11.8 Å². The van der Waals surface area contributed by atoms with E-state index in [1.165, 1.54) is 0 Å². The molecular formula is C19H23N3O5S. The van der Waals surface area contributed by atoms with Gasteiger partial charge in [-0.25, -0.2) is 9.59 Å². The zero-order chi connectivity index (χ0) is 19.5. The molecular weight excluding hydrogens is 382 g/mol. The molecule has 4 rings (SSSR count). The lowest BCUT2D eigenvalue weighted by atomic mass is 9.94. The Balaban J connectivity index is 1.70. The molecule has 8 nitrogen and oxygen atoms in total. The van der Waals surface area contributed by atoms with Crippen molar-refractivity contribution >= 4 is 23.8 Å². The Labute approximate surface area is 167 Å². The molecule has 1 fully saturated rings. The zero-order valence-electron chi connectivity index (χ0n) is 15.7. The molecule has 0 saturated carbocycles. The van der Waals surface area contributed by atoms with Gasteiger partial charge >= 0.3 is 12.0 Å². The molecule has 2 amide bonds. The third-order valence-electron chi connectivity index (χ3n) is 4.86. The number of urea groups is 1. The van der Waals surface area contributed by atoms with Gasteiger partial charge in [0.05, 0.1) is 18.2 Å². The predicted octanol–water partition coefficient (Wildman–Crippen LogP) is 1.64. The van der Waals surface area contributed by atoms with Crippen molar-refractivity contribution in [3.63, 3.8) is 0 Å². The number of rotatable bonds is 5. The van der Waals surface area contributed by atoms with Crippen LogP contribution in [-0.4, -0.2) is 61.4 Å². The second-order valence-corrected chi connectivity index (χ2v) is 7.87. The van der Waals surface area contributed by atoms with Crippen molar-refractivity contribution in [3.05, 3.63) is 35.0 Å². The Hall–Kier alpha value is -2.39. The van der Waals surface area contributed by atoms with Gasteiger partial charge < -0.3 is 24.8 Å². The maximum Gasteiger partial charge on any atom is 0.338 e. The standard InChI is InChI=1S/C19H23N3O5S/c1-2-25-18(23)16-13(10-22-5-7-28-8-6-22)20-19(24)21-17(16)12-3-4-14-15(9-12)27-11-26-14/h3-4,9,17H,2,5-8,10-11H2,1H3,(H2,20,21,24)/t17-/m0/s1. The largest absolute Gasteiger partial charge is 0.463 e. The molecule has 1 aromatic carbocycles. The van der Waals surface area contributed by atoms with Crippen LogP contribution in [0.4, 0.5) is 4.79 Å². The van der Waals surface area contributed by atoms with Crippen LogP contribution in [0.2, 0.25) is 0 Å². The summed E-state index contributed by atoms with van der Waals surface area (Å²) in [7, 11) is 0. The van der Waals surface area contributed by atoms with Gasteiger partial charge in [0, 0.05) is 36.8 Å². The van der Waals surface area contributed by atoms with Crippen LogP contribution in [0.15, 0.2) is 29.5 Å². The first kappa shape index (κ1) is 18.9. The van der Waals surface area contributed by atoms with Crippen molar-refractivity contribution in [1.29, 1.82) is 0 Å². The molecule has 0 spiro atoms. The van der Waals surface area contributed by atoms with Crippen LogP contribution in [0.25, 0.3) is 0 Å². The molecule has 0 aromatic heterocycles. The number of nitrogens with one attached hydrogen (secondary N) is 2. The molecule has 0 aliphatic carbocycles. The number of ether oxygens (including phenoxy) is 3. The van der Waals surface area contributed by atoms with Crippen LogP contribution < -0.4 is 20.1 Å². The van der Waals surface area contributed by atoms with Crippen LogP contribution >= 0.6 is 11.8 Å². The van der Waals surface area contributed by atoms with Crippen molar-refractivity contribution in [3.8, 4) is 11.5 Å². The lowest BCUT2D eigenvalue weighted by Crippen LogP contribution is -2.49. The highest BCUT2D eigenvalue weighted by molar-refractivity contribution is 7.99. The van der Waals surface area contributed by atoms with Crippen molar-refractivity contribution in [2.24, 2.45) is 0 Å². The molecule has 3 aliphatic rings. The lowest BCUT2D eigenvalue weighted by Gasteiger charge is -2.33. The number of carbonyl (C=O) groups is 2. The first-order valence-electron chi connectivity index (χ1n) is 9.33. The van der Waals surface area contributed by atoms with E-state index in [0.717, 1.165) is 30.2 Å². The molecule has 150 valence electrons. The number of benzene rings is 1. The lowest BCUT2D eigenvalue weighted by molar-refractivity contribution is -0.139. The topological polar surface area (TPSA) is 89.1 Å². The van der Waals surface area contributed by atoms with Gasteiger partial charge in [0.2, 0.25) is 6.79 Å². The fourth-order valence-electron chi connectivity index (χ4n) is 3.52. The number of esters is 1. The van der Waals surface area contributed by atoms with Gasteiger partial charge in [-0.3, -0.25) is 4.90 Å². The summed E-state index contributed by atoms with van der Waals surface area (Å²) >= 11 is 1.91. The molecule has 2 N–H and O–H groups in total. The number of thioether (sulfide) groups is 1. The molecule has 1 atom stereocenters. The number of nitrogens with zero attached hydrogens (tertiary/aromatic N) is 1. The Bertz CT molecular complexity index is 807. The molecule has 28 heavy (non-hydrogen) atoms. The monoisotopic (exact) mass is 405 g/mol. The Morgan fingerprint density at radius 2 is 2.07 bits per heavy atom. The highest BCUT2D eigenvalue weighted by Crippen LogP contribution is 2.37. The number of fused-ring (bicyclic) bond motifs is 1. The zero-order valence-corrected chi connectivity index (χ0v) is 16.5. The minimum Gasteiger partial charge on any atom is -0.463 e. The third-order valence-corrected chi connectivity index (χ3v) is 5.81. The fraction of sp³-hybridized carbons (Fsp3) is 0.474. The molecule has 0 unspecified atom stereocenters. The molecule has 3 heterocycles. The van der Waals surface area contributed by atoms with E-state index in [1.807, 2.05) is 17.8 Å². The predicted molar refractivity (Wildman–Crippen MR) is 104 cm³/mol. The molecule has 1 aromatic rings. The quantitative estimate of drug-likeness (QED) is 0.720. The minimum absolute atomic E-state index is 0.163.